The molecule has 1 unspecified atom stereocenters. The molecule has 0 aliphatic rings. The maximum Gasteiger partial charge on any atom is 0.314 e. The number of hydrogen-bond donors (Lipinski definition) is 3. The first kappa shape index (κ1) is 16.0. The van der Waals surface area contributed by atoms with E-state index in [2.05, 4.69) is 15.6 Å². The highest BCUT2D eigenvalue weighted by molar-refractivity contribution is 5.77. The molecular weight excluding hydrogens is 260 g/mol. The molecule has 1 rings (SSSR count). The number of rotatable bonds is 7. The molecule has 0 aliphatic heterocycles. The summed E-state index contributed by atoms with van der Waals surface area (Å²) in [6, 6.07) is -0.361. The molecule has 1 atom stereocenters. The van der Waals surface area contributed by atoms with Crippen LogP contribution in [0, 0.1) is 5.41 Å². The molecule has 0 aromatic carbocycles. The van der Waals surface area contributed by atoms with Crippen molar-refractivity contribution in [3.8, 4) is 0 Å². The van der Waals surface area contributed by atoms with Crippen molar-refractivity contribution in [1.82, 2.24) is 20.2 Å². The summed E-state index contributed by atoms with van der Waals surface area (Å²) >= 11 is 0. The number of nitrogens with zero attached hydrogens (tertiary/aromatic N) is 2. The fraction of sp³-hybridized carbons (Fsp3) is 0.615. The maximum atomic E-state index is 11.6. The van der Waals surface area contributed by atoms with Gasteiger partial charge in [0.15, 0.2) is 0 Å². The Morgan fingerprint density at radius 2 is 2.15 bits per heavy atom. The summed E-state index contributed by atoms with van der Waals surface area (Å²) in [5, 5.41) is 14.4. The number of aryl methyl sites for hydroxylation is 1. The van der Waals surface area contributed by atoms with Crippen molar-refractivity contribution in [2.45, 2.75) is 26.7 Å². The van der Waals surface area contributed by atoms with E-state index >= 15 is 0 Å². The lowest BCUT2D eigenvalue weighted by Crippen LogP contribution is -2.45. The summed E-state index contributed by atoms with van der Waals surface area (Å²) in [5.41, 5.74) is -0.934. The van der Waals surface area contributed by atoms with Crippen molar-refractivity contribution in [2.75, 3.05) is 13.1 Å². The van der Waals surface area contributed by atoms with Crippen LogP contribution in [0.3, 0.4) is 0 Å². The second kappa shape index (κ2) is 6.93. The molecule has 1 aromatic heterocycles. The molecule has 7 nitrogen and oxygen atoms in total. The van der Waals surface area contributed by atoms with Crippen molar-refractivity contribution < 1.29 is 14.7 Å². The zero-order chi connectivity index (χ0) is 15.2. The normalized spacial score (nSPS) is 13.6. The van der Waals surface area contributed by atoms with Crippen LogP contribution < -0.4 is 10.6 Å². The third-order valence-corrected chi connectivity index (χ3v) is 3.49. The van der Waals surface area contributed by atoms with Gasteiger partial charge < -0.3 is 20.3 Å². The van der Waals surface area contributed by atoms with Gasteiger partial charge in [0.25, 0.3) is 0 Å². The molecule has 1 aromatic rings. The van der Waals surface area contributed by atoms with Crippen LogP contribution in [0.2, 0.25) is 0 Å². The predicted molar refractivity (Wildman–Crippen MR) is 74.3 cm³/mol. The molecule has 2 amide bonds. The Labute approximate surface area is 118 Å². The molecule has 0 bridgehead atoms. The maximum absolute atomic E-state index is 11.6. The summed E-state index contributed by atoms with van der Waals surface area (Å²) in [6.07, 6.45) is 4.63. The van der Waals surface area contributed by atoms with Crippen LogP contribution in [0.25, 0.3) is 0 Å². The summed E-state index contributed by atoms with van der Waals surface area (Å²) in [6.45, 7) is 3.96. The van der Waals surface area contributed by atoms with Crippen LogP contribution in [0.1, 0.15) is 26.1 Å². The Morgan fingerprint density at radius 3 is 2.65 bits per heavy atom. The molecule has 0 saturated heterocycles. The smallest absolute Gasteiger partial charge is 0.314 e. The second-order valence-electron chi connectivity index (χ2n) is 5.03. The fourth-order valence-electron chi connectivity index (χ4n) is 1.61. The lowest BCUT2D eigenvalue weighted by atomic mass is 9.88. The zero-order valence-corrected chi connectivity index (χ0v) is 12.1. The Hall–Kier alpha value is -2.05. The van der Waals surface area contributed by atoms with E-state index in [0.717, 1.165) is 5.82 Å². The second-order valence-corrected chi connectivity index (χ2v) is 5.03. The van der Waals surface area contributed by atoms with Gasteiger partial charge in [-0.1, -0.05) is 6.92 Å². The van der Waals surface area contributed by atoms with Gasteiger partial charge in [-0.15, -0.1) is 0 Å². The number of imidazole rings is 1. The fourth-order valence-corrected chi connectivity index (χ4v) is 1.61. The van der Waals surface area contributed by atoms with Crippen LogP contribution in [-0.4, -0.2) is 39.7 Å². The number of amides is 2. The van der Waals surface area contributed by atoms with Crippen LogP contribution in [0.4, 0.5) is 4.79 Å². The molecule has 0 spiro atoms. The highest BCUT2D eigenvalue weighted by atomic mass is 16.4. The lowest BCUT2D eigenvalue weighted by Gasteiger charge is -2.23. The summed E-state index contributed by atoms with van der Waals surface area (Å²) < 4.78 is 1.89. The van der Waals surface area contributed by atoms with E-state index in [4.69, 9.17) is 5.11 Å². The number of hydrogen-bond acceptors (Lipinski definition) is 3. The van der Waals surface area contributed by atoms with Gasteiger partial charge >= 0.3 is 12.0 Å². The van der Waals surface area contributed by atoms with Crippen molar-refractivity contribution in [3.05, 3.63) is 18.2 Å². The van der Waals surface area contributed by atoms with Gasteiger partial charge in [0.2, 0.25) is 0 Å². The third kappa shape index (κ3) is 4.25. The summed E-state index contributed by atoms with van der Waals surface area (Å²) in [5.74, 6) is -0.0254. The van der Waals surface area contributed by atoms with E-state index in [1.165, 1.54) is 0 Å². The number of urea groups is 1. The summed E-state index contributed by atoms with van der Waals surface area (Å²) in [7, 11) is 1.89. The van der Waals surface area contributed by atoms with Gasteiger partial charge in [-0.3, -0.25) is 4.79 Å². The van der Waals surface area contributed by atoms with Crippen molar-refractivity contribution in [3.63, 3.8) is 0 Å². The van der Waals surface area contributed by atoms with E-state index < -0.39 is 11.4 Å². The molecule has 0 saturated carbocycles. The lowest BCUT2D eigenvalue weighted by molar-refractivity contribution is -0.147. The quantitative estimate of drug-likeness (QED) is 0.688. The number of carbonyl (C=O) groups excluding carboxylic acids is 1. The van der Waals surface area contributed by atoms with Crippen molar-refractivity contribution in [2.24, 2.45) is 12.5 Å². The van der Waals surface area contributed by atoms with E-state index in [-0.39, 0.29) is 12.6 Å². The molecule has 1 heterocycles. The van der Waals surface area contributed by atoms with Gasteiger partial charge in [0.05, 0.1) is 5.41 Å². The first-order valence-corrected chi connectivity index (χ1v) is 6.60. The Morgan fingerprint density at radius 1 is 1.45 bits per heavy atom. The van der Waals surface area contributed by atoms with E-state index in [1.54, 1.807) is 20.0 Å². The number of carboxylic acid groups (broad SMARTS) is 1. The van der Waals surface area contributed by atoms with E-state index in [9.17, 15) is 9.59 Å². The largest absolute Gasteiger partial charge is 0.481 e. The average molecular weight is 282 g/mol. The molecule has 0 aliphatic carbocycles. The Kier molecular flexibility index (Phi) is 5.54. The minimum Gasteiger partial charge on any atom is -0.481 e. The van der Waals surface area contributed by atoms with Crippen LogP contribution >= 0.6 is 0 Å². The van der Waals surface area contributed by atoms with Gasteiger partial charge in [0.1, 0.15) is 5.82 Å². The SMILES string of the molecule is CCC(C)(CNC(=O)NCCc1nccn1C)C(=O)O. The van der Waals surface area contributed by atoms with Crippen molar-refractivity contribution in [1.29, 1.82) is 0 Å². The van der Waals surface area contributed by atoms with Crippen molar-refractivity contribution >= 4 is 12.0 Å². The number of nitrogens with one attached hydrogen (secondary N) is 2. The molecular formula is C13H22N4O3. The number of aliphatic carboxylic acids is 1. The highest BCUT2D eigenvalue weighted by Gasteiger charge is 2.31. The van der Waals surface area contributed by atoms with Crippen LogP contribution in [0.15, 0.2) is 12.4 Å². The monoisotopic (exact) mass is 282 g/mol. The summed E-state index contributed by atoms with van der Waals surface area (Å²) in [4.78, 5) is 26.8. The molecule has 0 fully saturated rings. The molecule has 0 radical (unpaired) electrons. The van der Waals surface area contributed by atoms with E-state index in [0.29, 0.717) is 19.4 Å². The third-order valence-electron chi connectivity index (χ3n) is 3.49. The number of carboxylic acids is 1. The van der Waals surface area contributed by atoms with Gasteiger partial charge in [-0.2, -0.15) is 0 Å². The predicted octanol–water partition coefficient (Wildman–Crippen LogP) is 0.763. The van der Waals surface area contributed by atoms with Crippen LogP contribution in [-0.2, 0) is 18.3 Å². The zero-order valence-electron chi connectivity index (χ0n) is 12.1. The molecule has 7 heteroatoms. The Balaban J connectivity index is 2.30. The number of aromatic nitrogens is 2. The minimum atomic E-state index is -0.934. The highest BCUT2D eigenvalue weighted by Crippen LogP contribution is 2.19. The standard InChI is InChI=1S/C13H22N4O3/c1-4-13(2,11(18)19)9-16-12(20)15-6-5-10-14-7-8-17(10)3/h7-8H,4-6,9H2,1-3H3,(H,18,19)(H2,15,16,20). The van der Waals surface area contributed by atoms with Gasteiger partial charge in [-0.05, 0) is 13.3 Å². The first-order valence-electron chi connectivity index (χ1n) is 6.60. The average Bonchev–Trinajstić information content (AvgIpc) is 2.81. The van der Waals surface area contributed by atoms with Crippen LogP contribution in [0.5, 0.6) is 0 Å². The number of carbonyl (C=O) groups is 2. The topological polar surface area (TPSA) is 96.3 Å². The molecule has 20 heavy (non-hydrogen) atoms. The van der Waals surface area contributed by atoms with Gasteiger partial charge in [0, 0.05) is 39.0 Å². The van der Waals surface area contributed by atoms with Gasteiger partial charge in [-0.25, -0.2) is 9.78 Å². The molecule has 112 valence electrons. The molecule has 3 N–H and O–H groups in total. The minimum absolute atomic E-state index is 0.104. The Bertz CT molecular complexity index is 472. The first-order chi connectivity index (χ1) is 9.39. The van der Waals surface area contributed by atoms with E-state index in [1.807, 2.05) is 17.8 Å².